The number of amides is 1. The first-order valence-corrected chi connectivity index (χ1v) is 7.17. The lowest BCUT2D eigenvalue weighted by atomic mass is 10.1. The number of halogens is 1. The van der Waals surface area contributed by atoms with Gasteiger partial charge in [0.05, 0.1) is 4.47 Å². The zero-order valence-corrected chi connectivity index (χ0v) is 13.3. The van der Waals surface area contributed by atoms with Gasteiger partial charge in [-0.2, -0.15) is 0 Å². The molecule has 0 fully saturated rings. The predicted molar refractivity (Wildman–Crippen MR) is 87.5 cm³/mol. The van der Waals surface area contributed by atoms with E-state index in [1.807, 2.05) is 0 Å². The lowest BCUT2D eigenvalue weighted by Crippen LogP contribution is -2.19. The maximum atomic E-state index is 11.3. The van der Waals surface area contributed by atoms with Gasteiger partial charge in [-0.25, -0.2) is 0 Å². The molecule has 1 amide bonds. The molecule has 0 spiro atoms. The van der Waals surface area contributed by atoms with E-state index in [4.69, 9.17) is 0 Å². The number of benzene rings is 2. The fraction of sp³-hybridized carbons (Fsp3) is 0.0588. The molecule has 0 heterocycles. The van der Waals surface area contributed by atoms with Crippen molar-refractivity contribution < 1.29 is 14.7 Å². The quantitative estimate of drug-likeness (QED) is 0.641. The number of aromatic hydroxyl groups is 1. The molecular formula is C17H12BrNO3. The SMILES string of the molecule is CC(=O)C(=O)Nc1ccc(C#Cc2ccc(O)c(Br)c2)cc1. The molecule has 2 rings (SSSR count). The lowest BCUT2D eigenvalue weighted by molar-refractivity contribution is -0.133. The Hall–Kier alpha value is -2.58. The molecule has 0 saturated heterocycles. The van der Waals surface area contributed by atoms with Gasteiger partial charge in [0.15, 0.2) is 0 Å². The van der Waals surface area contributed by atoms with Crippen molar-refractivity contribution in [2.75, 3.05) is 5.32 Å². The van der Waals surface area contributed by atoms with Crippen LogP contribution in [-0.2, 0) is 9.59 Å². The topological polar surface area (TPSA) is 66.4 Å². The number of hydrogen-bond acceptors (Lipinski definition) is 3. The Morgan fingerprint density at radius 1 is 1.05 bits per heavy atom. The number of ketones is 1. The van der Waals surface area contributed by atoms with Gasteiger partial charge in [-0.15, -0.1) is 0 Å². The predicted octanol–water partition coefficient (Wildman–Crippen LogP) is 3.08. The summed E-state index contributed by atoms with van der Waals surface area (Å²) in [6.07, 6.45) is 0. The minimum absolute atomic E-state index is 0.163. The van der Waals surface area contributed by atoms with E-state index in [-0.39, 0.29) is 5.75 Å². The van der Waals surface area contributed by atoms with Crippen LogP contribution in [0, 0.1) is 11.8 Å². The Balaban J connectivity index is 2.11. The minimum Gasteiger partial charge on any atom is -0.507 e. The maximum Gasteiger partial charge on any atom is 0.291 e. The second kappa shape index (κ2) is 6.92. The van der Waals surface area contributed by atoms with Crippen molar-refractivity contribution in [3.8, 4) is 17.6 Å². The summed E-state index contributed by atoms with van der Waals surface area (Å²) in [7, 11) is 0. The van der Waals surface area contributed by atoms with Gasteiger partial charge < -0.3 is 10.4 Å². The maximum absolute atomic E-state index is 11.3. The molecule has 2 aromatic rings. The van der Waals surface area contributed by atoms with Crippen molar-refractivity contribution in [2.24, 2.45) is 0 Å². The Morgan fingerprint density at radius 2 is 1.64 bits per heavy atom. The van der Waals surface area contributed by atoms with Crippen LogP contribution in [0.2, 0.25) is 0 Å². The highest BCUT2D eigenvalue weighted by Crippen LogP contribution is 2.23. The average molecular weight is 358 g/mol. The van der Waals surface area contributed by atoms with Gasteiger partial charge in [-0.3, -0.25) is 9.59 Å². The summed E-state index contributed by atoms with van der Waals surface area (Å²) in [5.74, 6) is 4.93. The third-order valence-electron chi connectivity index (χ3n) is 2.76. The van der Waals surface area contributed by atoms with E-state index < -0.39 is 11.7 Å². The highest BCUT2D eigenvalue weighted by atomic mass is 79.9. The Bertz CT molecular complexity index is 786. The summed E-state index contributed by atoms with van der Waals surface area (Å²) in [5, 5.41) is 11.9. The molecule has 22 heavy (non-hydrogen) atoms. The summed E-state index contributed by atoms with van der Waals surface area (Å²) in [5.41, 5.74) is 2.07. The fourth-order valence-corrected chi connectivity index (χ4v) is 1.96. The van der Waals surface area contributed by atoms with Gasteiger partial charge in [0.2, 0.25) is 5.78 Å². The summed E-state index contributed by atoms with van der Waals surface area (Å²) in [6.45, 7) is 1.21. The number of nitrogens with one attached hydrogen (secondary N) is 1. The number of Topliss-reactive ketones (excluding diaryl/α,β-unsaturated/α-hetero) is 1. The first kappa shape index (κ1) is 15.8. The van der Waals surface area contributed by atoms with Gasteiger partial charge >= 0.3 is 0 Å². The van der Waals surface area contributed by atoms with E-state index in [1.54, 1.807) is 42.5 Å². The number of carbonyl (C=O) groups excluding carboxylic acids is 2. The number of hydrogen-bond donors (Lipinski definition) is 2. The van der Waals surface area contributed by atoms with Crippen LogP contribution in [0.3, 0.4) is 0 Å². The average Bonchev–Trinajstić information content (AvgIpc) is 2.49. The standard InChI is InChI=1S/C17H12BrNO3/c1-11(20)17(22)19-14-7-4-12(5-8-14)2-3-13-6-9-16(21)15(18)10-13/h4-10,21H,1H3,(H,19,22). The lowest BCUT2D eigenvalue weighted by Gasteiger charge is -2.02. The molecular weight excluding hydrogens is 346 g/mol. The highest BCUT2D eigenvalue weighted by molar-refractivity contribution is 9.10. The molecule has 0 bridgehead atoms. The van der Waals surface area contributed by atoms with Crippen molar-refractivity contribution in [1.29, 1.82) is 0 Å². The van der Waals surface area contributed by atoms with Gasteiger partial charge in [-0.05, 0) is 58.4 Å². The molecule has 2 N–H and O–H groups in total. The molecule has 0 aliphatic rings. The summed E-state index contributed by atoms with van der Waals surface area (Å²) in [4.78, 5) is 22.1. The fourth-order valence-electron chi connectivity index (χ4n) is 1.58. The van der Waals surface area contributed by atoms with Crippen molar-refractivity contribution in [1.82, 2.24) is 0 Å². The second-order valence-electron chi connectivity index (χ2n) is 4.50. The number of carbonyl (C=O) groups is 2. The molecule has 0 aliphatic carbocycles. The highest BCUT2D eigenvalue weighted by Gasteiger charge is 2.06. The van der Waals surface area contributed by atoms with E-state index >= 15 is 0 Å². The second-order valence-corrected chi connectivity index (χ2v) is 5.36. The van der Waals surface area contributed by atoms with Crippen molar-refractivity contribution in [3.05, 3.63) is 58.1 Å². The molecule has 0 saturated carbocycles. The van der Waals surface area contributed by atoms with Crippen LogP contribution in [0.1, 0.15) is 18.1 Å². The zero-order valence-electron chi connectivity index (χ0n) is 11.7. The van der Waals surface area contributed by atoms with Crippen molar-refractivity contribution >= 4 is 33.3 Å². The molecule has 0 atom stereocenters. The number of rotatable bonds is 2. The van der Waals surface area contributed by atoms with Gasteiger partial charge in [0.25, 0.3) is 5.91 Å². The first-order chi connectivity index (χ1) is 10.5. The third kappa shape index (κ3) is 4.21. The van der Waals surface area contributed by atoms with Gasteiger partial charge in [0.1, 0.15) is 5.75 Å². The van der Waals surface area contributed by atoms with Crippen LogP contribution in [0.25, 0.3) is 0 Å². The van der Waals surface area contributed by atoms with E-state index in [0.717, 1.165) is 11.1 Å². The van der Waals surface area contributed by atoms with Crippen LogP contribution in [0.5, 0.6) is 5.75 Å². The smallest absolute Gasteiger partial charge is 0.291 e. The largest absolute Gasteiger partial charge is 0.507 e. The Kier molecular flexibility index (Phi) is 4.97. The number of phenols is 1. The minimum atomic E-state index is -0.646. The van der Waals surface area contributed by atoms with Crippen LogP contribution in [-0.4, -0.2) is 16.8 Å². The molecule has 0 unspecified atom stereocenters. The molecule has 4 nitrogen and oxygen atoms in total. The van der Waals surface area contributed by atoms with Crippen LogP contribution >= 0.6 is 15.9 Å². The Morgan fingerprint density at radius 3 is 2.23 bits per heavy atom. The van der Waals surface area contributed by atoms with E-state index in [2.05, 4.69) is 33.1 Å². The molecule has 110 valence electrons. The van der Waals surface area contributed by atoms with Crippen LogP contribution in [0.15, 0.2) is 46.9 Å². The molecule has 0 aliphatic heterocycles. The van der Waals surface area contributed by atoms with E-state index in [1.165, 1.54) is 6.92 Å². The Labute approximate surface area is 136 Å². The number of anilines is 1. The summed E-state index contributed by atoms with van der Waals surface area (Å²) in [6, 6.07) is 11.9. The molecule has 0 aromatic heterocycles. The van der Waals surface area contributed by atoms with Crippen LogP contribution < -0.4 is 5.32 Å². The van der Waals surface area contributed by atoms with Crippen molar-refractivity contribution in [2.45, 2.75) is 6.92 Å². The number of phenolic OH excluding ortho intramolecular Hbond substituents is 1. The molecule has 0 radical (unpaired) electrons. The summed E-state index contributed by atoms with van der Waals surface area (Å²) >= 11 is 3.23. The summed E-state index contributed by atoms with van der Waals surface area (Å²) < 4.78 is 0.585. The van der Waals surface area contributed by atoms with Gasteiger partial charge in [-0.1, -0.05) is 11.8 Å². The normalized spacial score (nSPS) is 9.55. The van der Waals surface area contributed by atoms with Crippen LogP contribution in [0.4, 0.5) is 5.69 Å². The van der Waals surface area contributed by atoms with E-state index in [9.17, 15) is 14.7 Å². The third-order valence-corrected chi connectivity index (χ3v) is 3.40. The first-order valence-electron chi connectivity index (χ1n) is 6.38. The van der Waals surface area contributed by atoms with Crippen molar-refractivity contribution in [3.63, 3.8) is 0 Å². The molecule has 5 heteroatoms. The zero-order chi connectivity index (χ0) is 16.1. The molecule has 2 aromatic carbocycles. The monoisotopic (exact) mass is 357 g/mol. The van der Waals surface area contributed by atoms with Gasteiger partial charge in [0, 0.05) is 23.7 Å². The van der Waals surface area contributed by atoms with E-state index in [0.29, 0.717) is 10.2 Å².